The van der Waals surface area contributed by atoms with E-state index in [2.05, 4.69) is 15.5 Å². The predicted molar refractivity (Wildman–Crippen MR) is 92.4 cm³/mol. The second-order valence-electron chi connectivity index (χ2n) is 4.65. The zero-order valence-corrected chi connectivity index (χ0v) is 14.3. The van der Waals surface area contributed by atoms with Gasteiger partial charge in [0.1, 0.15) is 11.5 Å². The second kappa shape index (κ2) is 7.38. The Morgan fingerprint density at radius 1 is 1.43 bits per heavy atom. The van der Waals surface area contributed by atoms with Crippen molar-refractivity contribution in [3.8, 4) is 11.5 Å². The fourth-order valence-electron chi connectivity index (χ4n) is 1.83. The first kappa shape index (κ1) is 17.2. The number of nitrogens with one attached hydrogen (secondary N) is 1. The molecule has 120 valence electrons. The maximum Gasteiger partial charge on any atom is 0.275 e. The summed E-state index contributed by atoms with van der Waals surface area (Å²) in [4.78, 5) is 15.9. The van der Waals surface area contributed by atoms with Gasteiger partial charge in [-0.15, -0.1) is 0 Å². The molecule has 0 aliphatic rings. The van der Waals surface area contributed by atoms with Gasteiger partial charge in [0.15, 0.2) is 0 Å². The van der Waals surface area contributed by atoms with Crippen molar-refractivity contribution in [2.75, 3.05) is 0 Å². The molecule has 0 radical (unpaired) electrons. The summed E-state index contributed by atoms with van der Waals surface area (Å²) in [5.41, 5.74) is 3.39. The SMILES string of the molecule is Cc1ncc(CO)c(C=NNC(=O)c2cc(I)ccc2O)c1O. The molecule has 1 aromatic heterocycles. The second-order valence-corrected chi connectivity index (χ2v) is 5.90. The lowest BCUT2D eigenvalue weighted by molar-refractivity contribution is 0.0952. The topological polar surface area (TPSA) is 115 Å². The van der Waals surface area contributed by atoms with Gasteiger partial charge >= 0.3 is 0 Å². The van der Waals surface area contributed by atoms with E-state index >= 15 is 0 Å². The van der Waals surface area contributed by atoms with Crippen molar-refractivity contribution in [3.63, 3.8) is 0 Å². The molecule has 0 aliphatic carbocycles. The Morgan fingerprint density at radius 3 is 2.87 bits per heavy atom. The molecule has 0 saturated heterocycles. The van der Waals surface area contributed by atoms with Crippen LogP contribution >= 0.6 is 22.6 Å². The first-order chi connectivity index (χ1) is 10.9. The number of aromatic nitrogens is 1. The number of aliphatic hydroxyl groups is 1. The van der Waals surface area contributed by atoms with Crippen LogP contribution in [0.4, 0.5) is 0 Å². The van der Waals surface area contributed by atoms with Crippen LogP contribution in [0.2, 0.25) is 0 Å². The van der Waals surface area contributed by atoms with Crippen LogP contribution in [-0.2, 0) is 6.61 Å². The Hall–Kier alpha value is -2.20. The Bertz CT molecular complexity index is 778. The third kappa shape index (κ3) is 3.96. The van der Waals surface area contributed by atoms with Crippen LogP contribution in [-0.4, -0.2) is 32.4 Å². The normalized spacial score (nSPS) is 10.9. The third-order valence-electron chi connectivity index (χ3n) is 3.09. The van der Waals surface area contributed by atoms with Crippen molar-refractivity contribution in [2.45, 2.75) is 13.5 Å². The number of carbonyl (C=O) groups is 1. The standard InChI is InChI=1S/C15H14IN3O4/c1-8-14(22)12(9(7-20)5-17-8)6-18-19-15(23)11-4-10(16)2-3-13(11)21/h2-6,20-22H,7H2,1H3,(H,19,23). The molecule has 0 aliphatic heterocycles. The van der Waals surface area contributed by atoms with Gasteiger partial charge in [-0.25, -0.2) is 5.43 Å². The largest absolute Gasteiger partial charge is 0.507 e. The van der Waals surface area contributed by atoms with E-state index in [1.54, 1.807) is 13.0 Å². The van der Waals surface area contributed by atoms with E-state index in [9.17, 15) is 20.1 Å². The van der Waals surface area contributed by atoms with Gasteiger partial charge < -0.3 is 15.3 Å². The minimum Gasteiger partial charge on any atom is -0.507 e. The Morgan fingerprint density at radius 2 is 2.17 bits per heavy atom. The third-order valence-corrected chi connectivity index (χ3v) is 3.76. The quantitative estimate of drug-likeness (QED) is 0.337. The van der Waals surface area contributed by atoms with Gasteiger partial charge in [-0.3, -0.25) is 9.78 Å². The van der Waals surface area contributed by atoms with Gasteiger partial charge in [0.2, 0.25) is 0 Å². The molecule has 0 saturated carbocycles. The van der Waals surface area contributed by atoms with Gasteiger partial charge in [0.25, 0.3) is 5.91 Å². The molecule has 8 heteroatoms. The zero-order valence-electron chi connectivity index (χ0n) is 12.1. The number of hydrogen-bond acceptors (Lipinski definition) is 6. The number of nitrogens with zero attached hydrogens (tertiary/aromatic N) is 2. The number of halogens is 1. The highest BCUT2D eigenvalue weighted by atomic mass is 127. The molecule has 7 nitrogen and oxygen atoms in total. The fourth-order valence-corrected chi connectivity index (χ4v) is 2.32. The number of hydrogen-bond donors (Lipinski definition) is 4. The Kier molecular flexibility index (Phi) is 5.50. The van der Waals surface area contributed by atoms with Gasteiger partial charge in [-0.1, -0.05) is 0 Å². The number of carbonyl (C=O) groups excluding carboxylic acids is 1. The van der Waals surface area contributed by atoms with Gasteiger partial charge in [-0.2, -0.15) is 5.10 Å². The maximum atomic E-state index is 12.0. The first-order valence-corrected chi connectivity index (χ1v) is 7.62. The van der Waals surface area contributed by atoms with E-state index < -0.39 is 5.91 Å². The summed E-state index contributed by atoms with van der Waals surface area (Å²) in [6.07, 6.45) is 2.64. The van der Waals surface area contributed by atoms with Crippen LogP contribution in [0.3, 0.4) is 0 Å². The summed E-state index contributed by atoms with van der Waals surface area (Å²) >= 11 is 2.02. The lowest BCUT2D eigenvalue weighted by atomic mass is 10.1. The molecule has 1 heterocycles. The number of hydrazone groups is 1. The summed E-state index contributed by atoms with van der Waals surface area (Å²) in [5, 5.41) is 32.7. The summed E-state index contributed by atoms with van der Waals surface area (Å²) < 4.78 is 0.791. The van der Waals surface area contributed by atoms with E-state index in [-0.39, 0.29) is 29.2 Å². The Labute approximate surface area is 145 Å². The van der Waals surface area contributed by atoms with Crippen LogP contribution in [0.25, 0.3) is 0 Å². The summed E-state index contributed by atoms with van der Waals surface area (Å²) in [6, 6.07) is 4.61. The predicted octanol–water partition coefficient (Wildman–Crippen LogP) is 1.66. The molecule has 0 atom stereocenters. The van der Waals surface area contributed by atoms with Crippen LogP contribution in [0.1, 0.15) is 27.2 Å². The highest BCUT2D eigenvalue weighted by Gasteiger charge is 2.12. The van der Waals surface area contributed by atoms with Gasteiger partial charge in [0.05, 0.1) is 24.1 Å². The molecule has 0 unspecified atom stereocenters. The molecular weight excluding hydrogens is 413 g/mol. The number of benzene rings is 1. The molecule has 2 aromatic rings. The fraction of sp³-hybridized carbons (Fsp3) is 0.133. The van der Waals surface area contributed by atoms with Crippen molar-refractivity contribution < 1.29 is 20.1 Å². The minimum atomic E-state index is -0.590. The number of aromatic hydroxyl groups is 2. The number of pyridine rings is 1. The monoisotopic (exact) mass is 427 g/mol. The van der Waals surface area contributed by atoms with Crippen LogP contribution in [0, 0.1) is 10.5 Å². The number of amides is 1. The van der Waals surface area contributed by atoms with E-state index in [0.717, 1.165) is 3.57 Å². The molecular formula is C15H14IN3O4. The number of aryl methyl sites for hydroxylation is 1. The Balaban J connectivity index is 2.21. The van der Waals surface area contributed by atoms with Crippen molar-refractivity contribution in [2.24, 2.45) is 5.10 Å². The van der Waals surface area contributed by atoms with Crippen molar-refractivity contribution in [1.29, 1.82) is 0 Å². The maximum absolute atomic E-state index is 12.0. The zero-order chi connectivity index (χ0) is 17.0. The number of aliphatic hydroxyl groups excluding tert-OH is 1. The molecule has 2 rings (SSSR count). The molecule has 1 amide bonds. The average Bonchev–Trinajstić information content (AvgIpc) is 2.53. The minimum absolute atomic E-state index is 0.0894. The lowest BCUT2D eigenvalue weighted by Crippen LogP contribution is -2.18. The average molecular weight is 427 g/mol. The highest BCUT2D eigenvalue weighted by Crippen LogP contribution is 2.22. The van der Waals surface area contributed by atoms with E-state index in [1.807, 2.05) is 22.6 Å². The highest BCUT2D eigenvalue weighted by molar-refractivity contribution is 14.1. The summed E-state index contributed by atoms with van der Waals surface area (Å²) in [7, 11) is 0. The number of rotatable bonds is 4. The van der Waals surface area contributed by atoms with Crippen molar-refractivity contribution in [3.05, 3.63) is 50.4 Å². The van der Waals surface area contributed by atoms with Gasteiger partial charge in [0, 0.05) is 20.9 Å². The molecule has 4 N–H and O–H groups in total. The van der Waals surface area contributed by atoms with Crippen LogP contribution < -0.4 is 5.43 Å². The van der Waals surface area contributed by atoms with Crippen LogP contribution in [0.15, 0.2) is 29.5 Å². The van der Waals surface area contributed by atoms with E-state index in [4.69, 9.17) is 0 Å². The van der Waals surface area contributed by atoms with E-state index in [0.29, 0.717) is 11.3 Å². The summed E-state index contributed by atoms with van der Waals surface area (Å²) in [5.74, 6) is -0.864. The smallest absolute Gasteiger partial charge is 0.275 e. The summed E-state index contributed by atoms with van der Waals surface area (Å²) in [6.45, 7) is 1.28. The number of phenolic OH excluding ortho intramolecular Hbond substituents is 1. The molecule has 0 bridgehead atoms. The van der Waals surface area contributed by atoms with Gasteiger partial charge in [-0.05, 0) is 47.7 Å². The molecule has 23 heavy (non-hydrogen) atoms. The first-order valence-electron chi connectivity index (χ1n) is 6.54. The molecule has 0 spiro atoms. The lowest BCUT2D eigenvalue weighted by Gasteiger charge is -2.07. The van der Waals surface area contributed by atoms with Crippen molar-refractivity contribution >= 4 is 34.7 Å². The molecule has 0 fully saturated rings. The van der Waals surface area contributed by atoms with Crippen molar-refractivity contribution in [1.82, 2.24) is 10.4 Å². The van der Waals surface area contributed by atoms with E-state index in [1.165, 1.54) is 24.5 Å². The van der Waals surface area contributed by atoms with Crippen LogP contribution in [0.5, 0.6) is 11.5 Å². The number of phenols is 1. The molecule has 1 aromatic carbocycles.